The molecule has 8 nitrogen and oxygen atoms in total. The summed E-state index contributed by atoms with van der Waals surface area (Å²) in [6.45, 7) is 0.943. The lowest BCUT2D eigenvalue weighted by Gasteiger charge is -2.28. The lowest BCUT2D eigenvalue weighted by Crippen LogP contribution is -2.48. The molecule has 0 unspecified atom stereocenters. The van der Waals surface area contributed by atoms with Crippen molar-refractivity contribution in [1.29, 1.82) is 0 Å². The van der Waals surface area contributed by atoms with Crippen LogP contribution in [0, 0.1) is 5.92 Å². The number of likely N-dealkylation sites (tertiary alicyclic amines) is 1. The molecule has 3 rings (SSSR count). The van der Waals surface area contributed by atoms with E-state index in [9.17, 15) is 19.2 Å². The van der Waals surface area contributed by atoms with Crippen molar-refractivity contribution in [3.05, 3.63) is 71.8 Å². The zero-order valence-corrected chi connectivity index (χ0v) is 20.6. The smallest absolute Gasteiger partial charge is 0.251 e. The van der Waals surface area contributed by atoms with E-state index in [1.165, 1.54) is 4.90 Å². The molecule has 0 bridgehead atoms. The molecule has 3 amide bonds. The topological polar surface area (TPSA) is 136 Å². The van der Waals surface area contributed by atoms with Crippen LogP contribution in [0.5, 0.6) is 0 Å². The molecule has 5 N–H and O–H groups in total. The van der Waals surface area contributed by atoms with Gasteiger partial charge in [0.05, 0.1) is 6.04 Å². The summed E-state index contributed by atoms with van der Waals surface area (Å²) in [4.78, 5) is 53.4. The van der Waals surface area contributed by atoms with Crippen LogP contribution in [-0.4, -0.2) is 53.6 Å². The van der Waals surface area contributed by atoms with Gasteiger partial charge in [-0.2, -0.15) is 0 Å². The fourth-order valence-corrected chi connectivity index (χ4v) is 4.72. The molecular weight excluding hydrogens is 456 g/mol. The summed E-state index contributed by atoms with van der Waals surface area (Å²) in [6, 6.07) is 16.8. The molecule has 2 aromatic carbocycles. The Morgan fingerprint density at radius 3 is 2.28 bits per heavy atom. The van der Waals surface area contributed by atoms with E-state index in [4.69, 9.17) is 11.5 Å². The molecule has 1 saturated heterocycles. The second-order valence-corrected chi connectivity index (χ2v) is 9.33. The van der Waals surface area contributed by atoms with E-state index in [2.05, 4.69) is 5.32 Å². The Balaban J connectivity index is 1.79. The predicted molar refractivity (Wildman–Crippen MR) is 138 cm³/mol. The van der Waals surface area contributed by atoms with E-state index in [-0.39, 0.29) is 24.0 Å². The standard InChI is InChI=1S/C28H36N4O4/c29-16-8-7-14-22(28(36)32-17-9-15-24(32)26(30)34)19-25(33)23(18-20-10-3-1-4-11-20)31-27(35)21-12-5-2-6-13-21/h1-6,10-13,22-24H,7-9,14-19,29H2,(H2,30,34)(H,31,35)/t22-,23+,24-/m1/s1. The molecule has 1 fully saturated rings. The first kappa shape index (κ1) is 27.1. The van der Waals surface area contributed by atoms with Crippen LogP contribution in [0.4, 0.5) is 0 Å². The summed E-state index contributed by atoms with van der Waals surface area (Å²) in [5.74, 6) is -1.91. The quantitative estimate of drug-likeness (QED) is 0.368. The number of primary amides is 1. The molecule has 0 aliphatic carbocycles. The van der Waals surface area contributed by atoms with E-state index in [0.29, 0.717) is 50.8 Å². The first-order chi connectivity index (χ1) is 17.4. The average Bonchev–Trinajstić information content (AvgIpc) is 3.39. The molecule has 3 atom stereocenters. The van der Waals surface area contributed by atoms with Crippen molar-refractivity contribution in [2.45, 2.75) is 57.0 Å². The monoisotopic (exact) mass is 492 g/mol. The second kappa shape index (κ2) is 13.5. The predicted octanol–water partition coefficient (Wildman–Crippen LogP) is 2.21. The highest BCUT2D eigenvalue weighted by Gasteiger charge is 2.37. The molecule has 0 saturated carbocycles. The Kier molecular flexibility index (Phi) is 10.2. The normalized spacial score (nSPS) is 16.8. The Morgan fingerprint density at radius 2 is 1.64 bits per heavy atom. The van der Waals surface area contributed by atoms with Crippen molar-refractivity contribution in [2.24, 2.45) is 17.4 Å². The van der Waals surface area contributed by atoms with Crippen LogP contribution < -0.4 is 16.8 Å². The van der Waals surface area contributed by atoms with E-state index < -0.39 is 23.9 Å². The molecule has 0 spiro atoms. The van der Waals surface area contributed by atoms with Crippen molar-refractivity contribution >= 4 is 23.5 Å². The number of hydrogen-bond donors (Lipinski definition) is 3. The number of unbranched alkanes of at least 4 members (excludes halogenated alkanes) is 1. The number of nitrogens with zero attached hydrogens (tertiary/aromatic N) is 1. The second-order valence-electron chi connectivity index (χ2n) is 9.33. The van der Waals surface area contributed by atoms with Crippen LogP contribution in [0.3, 0.4) is 0 Å². The molecular formula is C28H36N4O4. The van der Waals surface area contributed by atoms with Crippen LogP contribution >= 0.6 is 0 Å². The number of rotatable bonds is 13. The first-order valence-electron chi connectivity index (χ1n) is 12.6. The number of carbonyl (C=O) groups excluding carboxylic acids is 4. The maximum absolute atomic E-state index is 13.6. The Bertz CT molecular complexity index is 1030. The number of nitrogens with two attached hydrogens (primary N) is 2. The minimum Gasteiger partial charge on any atom is -0.368 e. The van der Waals surface area contributed by atoms with Crippen LogP contribution in [0.15, 0.2) is 60.7 Å². The van der Waals surface area contributed by atoms with Gasteiger partial charge in [0.1, 0.15) is 6.04 Å². The largest absolute Gasteiger partial charge is 0.368 e. The maximum Gasteiger partial charge on any atom is 0.251 e. The molecule has 8 heteroatoms. The van der Waals surface area contributed by atoms with Crippen LogP contribution in [0.2, 0.25) is 0 Å². The highest BCUT2D eigenvalue weighted by Crippen LogP contribution is 2.25. The van der Waals surface area contributed by atoms with Gasteiger partial charge >= 0.3 is 0 Å². The fraction of sp³-hybridized carbons (Fsp3) is 0.429. The minimum absolute atomic E-state index is 0.0298. The number of carbonyl (C=O) groups is 4. The van der Waals surface area contributed by atoms with Gasteiger partial charge in [0, 0.05) is 24.4 Å². The van der Waals surface area contributed by atoms with Gasteiger partial charge in [-0.3, -0.25) is 19.2 Å². The van der Waals surface area contributed by atoms with Crippen molar-refractivity contribution in [3.63, 3.8) is 0 Å². The van der Waals surface area contributed by atoms with Gasteiger partial charge in [0.2, 0.25) is 11.8 Å². The molecule has 1 heterocycles. The molecule has 1 aliphatic heterocycles. The average molecular weight is 493 g/mol. The van der Waals surface area contributed by atoms with Gasteiger partial charge in [-0.25, -0.2) is 0 Å². The van der Waals surface area contributed by atoms with Gasteiger partial charge in [-0.05, 0) is 56.3 Å². The summed E-state index contributed by atoms with van der Waals surface area (Å²) >= 11 is 0. The van der Waals surface area contributed by atoms with E-state index in [1.54, 1.807) is 24.3 Å². The van der Waals surface area contributed by atoms with Crippen LogP contribution in [-0.2, 0) is 20.8 Å². The number of hydrogen-bond acceptors (Lipinski definition) is 5. The summed E-state index contributed by atoms with van der Waals surface area (Å²) in [6.07, 6.45) is 3.42. The van der Waals surface area contributed by atoms with Crippen molar-refractivity contribution in [2.75, 3.05) is 13.1 Å². The van der Waals surface area contributed by atoms with Crippen molar-refractivity contribution in [1.82, 2.24) is 10.2 Å². The molecule has 0 radical (unpaired) electrons. The maximum atomic E-state index is 13.6. The number of benzene rings is 2. The van der Waals surface area contributed by atoms with E-state index in [1.807, 2.05) is 36.4 Å². The lowest BCUT2D eigenvalue weighted by molar-refractivity contribution is -0.142. The van der Waals surface area contributed by atoms with Gasteiger partial charge < -0.3 is 21.7 Å². The highest BCUT2D eigenvalue weighted by atomic mass is 16.2. The highest BCUT2D eigenvalue weighted by molar-refractivity contribution is 5.99. The summed E-state index contributed by atoms with van der Waals surface area (Å²) in [7, 11) is 0. The van der Waals surface area contributed by atoms with E-state index in [0.717, 1.165) is 12.0 Å². The fourth-order valence-electron chi connectivity index (χ4n) is 4.72. The molecule has 36 heavy (non-hydrogen) atoms. The van der Waals surface area contributed by atoms with Crippen LogP contribution in [0.25, 0.3) is 0 Å². The third-order valence-electron chi connectivity index (χ3n) is 6.68. The van der Waals surface area contributed by atoms with Crippen molar-refractivity contribution < 1.29 is 19.2 Å². The number of ketones is 1. The molecule has 2 aromatic rings. The summed E-state index contributed by atoms with van der Waals surface area (Å²) in [5.41, 5.74) is 12.5. The van der Waals surface area contributed by atoms with Gasteiger partial charge in [0.15, 0.2) is 5.78 Å². The molecule has 0 aromatic heterocycles. The molecule has 192 valence electrons. The lowest BCUT2D eigenvalue weighted by atomic mass is 9.90. The SMILES string of the molecule is NCCCC[C@H](CC(=O)[C@H](Cc1ccccc1)NC(=O)c1ccccc1)C(=O)N1CCC[C@@H]1C(N)=O. The van der Waals surface area contributed by atoms with Gasteiger partial charge in [-0.15, -0.1) is 0 Å². The van der Waals surface area contributed by atoms with E-state index >= 15 is 0 Å². The minimum atomic E-state index is -0.796. The number of Topliss-reactive ketones (excluding diaryl/α,β-unsaturated/α-hetero) is 1. The van der Waals surface area contributed by atoms with Gasteiger partial charge in [-0.1, -0.05) is 55.0 Å². The Labute approximate surface area is 212 Å². The Hall–Kier alpha value is -3.52. The summed E-state index contributed by atoms with van der Waals surface area (Å²) in [5, 5.41) is 2.88. The molecule has 1 aliphatic rings. The third-order valence-corrected chi connectivity index (χ3v) is 6.68. The first-order valence-corrected chi connectivity index (χ1v) is 12.6. The number of nitrogens with one attached hydrogen (secondary N) is 1. The Morgan fingerprint density at radius 1 is 0.972 bits per heavy atom. The van der Waals surface area contributed by atoms with Crippen LogP contribution in [0.1, 0.15) is 54.4 Å². The number of amides is 3. The summed E-state index contributed by atoms with van der Waals surface area (Å²) < 4.78 is 0. The van der Waals surface area contributed by atoms with Crippen molar-refractivity contribution in [3.8, 4) is 0 Å². The van der Waals surface area contributed by atoms with Gasteiger partial charge in [0.25, 0.3) is 5.91 Å². The zero-order valence-electron chi connectivity index (χ0n) is 20.6. The zero-order chi connectivity index (χ0) is 25.9. The third kappa shape index (κ3) is 7.49.